The summed E-state index contributed by atoms with van der Waals surface area (Å²) in [6.45, 7) is 1.78. The van der Waals surface area contributed by atoms with Crippen LogP contribution in [0.5, 0.6) is 0 Å². The van der Waals surface area contributed by atoms with E-state index in [9.17, 15) is 9.17 Å². The van der Waals surface area contributed by atoms with Crippen LogP contribution in [-0.4, -0.2) is 12.0 Å². The van der Waals surface area contributed by atoms with Crippen LogP contribution in [0.3, 0.4) is 0 Å². The first kappa shape index (κ1) is 12.9. The molecule has 0 spiro atoms. The summed E-state index contributed by atoms with van der Waals surface area (Å²) in [5.74, 6) is 0.484. The van der Waals surface area contributed by atoms with Gasteiger partial charge in [-0.1, -0.05) is 0 Å². The van der Waals surface area contributed by atoms with Gasteiger partial charge in [0.1, 0.15) is 0 Å². The average molecular weight is 235 g/mol. The molecule has 0 aromatic heterocycles. The molecule has 0 bridgehead atoms. The standard InChI is InChI=1S/C3H8N8OPS/c1-3-14(2,4)11-9-7-5-6-8-10-13-12/h3H2,1-2H3/q+1. The first-order valence-corrected chi connectivity index (χ1v) is 6.24. The molecule has 0 aromatic rings. The van der Waals surface area contributed by atoms with Gasteiger partial charge in [0.25, 0.3) is 0 Å². The number of hydrogen-bond acceptors (Lipinski definition) is 3. The van der Waals surface area contributed by atoms with Gasteiger partial charge >= 0.3 is 81.7 Å². The molecule has 0 fully saturated rings. The second-order valence-corrected chi connectivity index (χ2v) is 5.05. The minimum absolute atomic E-state index is 0.484. The Labute approximate surface area is 82.3 Å². The van der Waals surface area contributed by atoms with E-state index in [-0.39, 0.29) is 0 Å². The maximum absolute atomic E-state index is 9.70. The Hall–Kier alpha value is -1.11. The quantitative estimate of drug-likeness (QED) is 0.421. The molecule has 9 nitrogen and oxygen atoms in total. The zero-order valence-corrected chi connectivity index (χ0v) is 9.26. The van der Waals surface area contributed by atoms with Crippen molar-refractivity contribution < 1.29 is 4.57 Å². The molecule has 11 heteroatoms. The zero-order chi connectivity index (χ0) is 10.9. The zero-order valence-electron chi connectivity index (χ0n) is 7.55. The molecule has 1 unspecified atom stereocenters. The summed E-state index contributed by atoms with van der Waals surface area (Å²) in [7, 11) is -2.57. The summed E-state index contributed by atoms with van der Waals surface area (Å²) in [6.07, 6.45) is 1.55. The fraction of sp³-hybridized carbons (Fsp3) is 1.00. The summed E-state index contributed by atoms with van der Waals surface area (Å²) >= 11 is 0. The van der Waals surface area contributed by atoms with E-state index in [0.29, 0.717) is 5.75 Å². The fourth-order valence-corrected chi connectivity index (χ4v) is 0.615. The van der Waals surface area contributed by atoms with Crippen molar-refractivity contribution in [2.75, 3.05) is 12.0 Å². The third kappa shape index (κ3) is 7.53. The fourth-order valence-electron chi connectivity index (χ4n) is 0.241. The molecule has 0 aromatic carbocycles. The third-order valence-corrected chi connectivity index (χ3v) is 2.67. The Morgan fingerprint density at radius 3 is 2.36 bits per heavy atom. The van der Waals surface area contributed by atoms with Crippen LogP contribution in [0, 0.1) is 4.61 Å². The van der Waals surface area contributed by atoms with E-state index in [1.165, 1.54) is 0 Å². The van der Waals surface area contributed by atoms with Gasteiger partial charge in [0, 0.05) is 0 Å². The van der Waals surface area contributed by atoms with Gasteiger partial charge < -0.3 is 0 Å². The van der Waals surface area contributed by atoms with Crippen LogP contribution in [0.15, 0.2) is 35.5 Å². The van der Waals surface area contributed by atoms with E-state index < -0.39 is 18.1 Å². The molecule has 0 aliphatic carbocycles. The van der Waals surface area contributed by atoms with E-state index >= 15 is 0 Å². The Morgan fingerprint density at radius 1 is 1.21 bits per heavy atom. The average Bonchev–Trinajstić information content (AvgIpc) is 2.16. The first-order chi connectivity index (χ1) is 6.62. The molecule has 0 N–H and O–H groups in total. The Balaban J connectivity index is 4.08. The van der Waals surface area contributed by atoms with Crippen LogP contribution in [0.25, 0.3) is 0 Å². The summed E-state index contributed by atoms with van der Waals surface area (Å²) in [5.41, 5.74) is 0. The van der Waals surface area contributed by atoms with Gasteiger partial charge in [-0.25, -0.2) is 0 Å². The van der Waals surface area contributed by atoms with E-state index in [1.807, 2.05) is 0 Å². The van der Waals surface area contributed by atoms with Gasteiger partial charge in [0.2, 0.25) is 0 Å². The SMILES string of the molecule is CCS(C)(#N)N=NN=NN=NN=[P+]=O. The summed E-state index contributed by atoms with van der Waals surface area (Å²) in [4.78, 5) is 2.94. The van der Waals surface area contributed by atoms with Crippen LogP contribution in [0.4, 0.5) is 0 Å². The minimum atomic E-state index is -2.06. The van der Waals surface area contributed by atoms with Gasteiger partial charge in [-0.05, 0) is 0 Å². The van der Waals surface area contributed by atoms with E-state index in [2.05, 4.69) is 35.5 Å². The molecule has 0 saturated heterocycles. The van der Waals surface area contributed by atoms with E-state index in [1.54, 1.807) is 13.2 Å². The summed E-state index contributed by atoms with van der Waals surface area (Å²) in [5, 5.41) is 15.3. The van der Waals surface area contributed by atoms with Crippen molar-refractivity contribution in [2.24, 2.45) is 35.5 Å². The molecule has 0 aliphatic rings. The summed E-state index contributed by atoms with van der Waals surface area (Å²) in [6, 6.07) is 0. The predicted octanol–water partition coefficient (Wildman–Crippen LogP) is 3.41. The van der Waals surface area contributed by atoms with Gasteiger partial charge in [0.15, 0.2) is 0 Å². The number of rotatable bonds is 3. The van der Waals surface area contributed by atoms with Crippen molar-refractivity contribution in [3.63, 3.8) is 0 Å². The molecule has 1 atom stereocenters. The van der Waals surface area contributed by atoms with Crippen molar-refractivity contribution >= 4 is 18.1 Å². The molecular formula is C3H8N8OPS+. The molecule has 0 saturated carbocycles. The van der Waals surface area contributed by atoms with E-state index in [0.717, 1.165) is 0 Å². The van der Waals surface area contributed by atoms with Gasteiger partial charge in [-0.3, -0.25) is 0 Å². The topological polar surface area (TPSA) is 127 Å². The monoisotopic (exact) mass is 235 g/mol. The van der Waals surface area contributed by atoms with Crippen LogP contribution >= 0.6 is 18.1 Å². The maximum atomic E-state index is 9.70. The Bertz CT molecular complexity index is 396. The van der Waals surface area contributed by atoms with Gasteiger partial charge in [-0.15, -0.1) is 0 Å². The van der Waals surface area contributed by atoms with Crippen molar-refractivity contribution in [2.45, 2.75) is 6.92 Å². The molecule has 0 radical (unpaired) electrons. The van der Waals surface area contributed by atoms with Crippen LogP contribution < -0.4 is 0 Å². The van der Waals surface area contributed by atoms with Crippen molar-refractivity contribution in [1.29, 1.82) is 4.61 Å². The number of hydrogen-bond donors (Lipinski definition) is 0. The van der Waals surface area contributed by atoms with Crippen molar-refractivity contribution in [3.8, 4) is 0 Å². The molecule has 76 valence electrons. The normalized spacial score (nSPS) is 16.4. The molecular weight excluding hydrogens is 227 g/mol. The summed E-state index contributed by atoms with van der Waals surface area (Å²) < 4.78 is 22.6. The van der Waals surface area contributed by atoms with E-state index in [4.69, 9.17) is 0 Å². The predicted molar refractivity (Wildman–Crippen MR) is 50.4 cm³/mol. The van der Waals surface area contributed by atoms with Gasteiger partial charge in [0.05, 0.1) is 0 Å². The Kier molecular flexibility index (Phi) is 6.73. The van der Waals surface area contributed by atoms with Crippen molar-refractivity contribution in [3.05, 3.63) is 0 Å². The number of nitrogens with zero attached hydrogens (tertiary/aromatic N) is 8. The second kappa shape index (κ2) is 7.31. The first-order valence-electron chi connectivity index (χ1n) is 3.35. The van der Waals surface area contributed by atoms with Crippen LogP contribution in [-0.2, 0) is 4.57 Å². The molecule has 14 heavy (non-hydrogen) atoms. The second-order valence-electron chi connectivity index (χ2n) is 1.98. The Morgan fingerprint density at radius 2 is 1.79 bits per heavy atom. The molecule has 0 rings (SSSR count). The van der Waals surface area contributed by atoms with Crippen LogP contribution in [0.1, 0.15) is 6.92 Å². The van der Waals surface area contributed by atoms with Crippen molar-refractivity contribution in [1.82, 2.24) is 0 Å². The third-order valence-electron chi connectivity index (χ3n) is 0.996. The molecule has 0 aliphatic heterocycles. The van der Waals surface area contributed by atoms with Crippen LogP contribution in [0.2, 0.25) is 0 Å². The molecule has 0 heterocycles. The molecule has 0 amide bonds. The van der Waals surface area contributed by atoms with Gasteiger partial charge in [-0.2, -0.15) is 0 Å².